The van der Waals surface area contributed by atoms with Gasteiger partial charge in [-0.3, -0.25) is 4.57 Å². The number of aryl methyl sites for hydroxylation is 1. The van der Waals surface area contributed by atoms with Gasteiger partial charge in [-0.25, -0.2) is 0 Å². The van der Waals surface area contributed by atoms with Gasteiger partial charge in [0.05, 0.1) is 5.75 Å². The number of hydrogen-bond acceptors (Lipinski definition) is 7. The Morgan fingerprint density at radius 3 is 2.69 bits per heavy atom. The summed E-state index contributed by atoms with van der Waals surface area (Å²) in [5.74, 6) is 3.85. The first kappa shape index (κ1) is 17.8. The second-order valence-corrected chi connectivity index (χ2v) is 8.70. The van der Waals surface area contributed by atoms with Crippen molar-refractivity contribution in [3.05, 3.63) is 11.7 Å². The van der Waals surface area contributed by atoms with Crippen LogP contribution in [0.2, 0.25) is 0 Å². The summed E-state index contributed by atoms with van der Waals surface area (Å²) < 4.78 is 7.75. The van der Waals surface area contributed by atoms with E-state index in [1.54, 1.807) is 11.8 Å². The first-order valence-electron chi connectivity index (χ1n) is 9.85. The second-order valence-electron chi connectivity index (χ2n) is 7.76. The van der Waals surface area contributed by atoms with Crippen molar-refractivity contribution in [2.24, 2.45) is 5.92 Å². The van der Waals surface area contributed by atoms with Crippen LogP contribution >= 0.6 is 11.8 Å². The number of piperidine rings is 1. The smallest absolute Gasteiger partial charge is 0.237 e. The highest BCUT2D eigenvalue weighted by Crippen LogP contribution is 2.41. The third kappa shape index (κ3) is 4.22. The van der Waals surface area contributed by atoms with E-state index < -0.39 is 0 Å². The summed E-state index contributed by atoms with van der Waals surface area (Å²) in [5.41, 5.74) is 0. The van der Waals surface area contributed by atoms with Crippen molar-refractivity contribution in [3.63, 3.8) is 0 Å². The molecule has 0 bridgehead atoms. The average Bonchev–Trinajstić information content (AvgIpc) is 3.24. The van der Waals surface area contributed by atoms with E-state index in [9.17, 15) is 0 Å². The van der Waals surface area contributed by atoms with Gasteiger partial charge >= 0.3 is 0 Å². The van der Waals surface area contributed by atoms with Crippen LogP contribution in [0.1, 0.15) is 70.1 Å². The van der Waals surface area contributed by atoms with Crippen LogP contribution in [-0.2, 0) is 12.2 Å². The molecule has 8 heteroatoms. The molecule has 0 N–H and O–H groups in total. The van der Waals surface area contributed by atoms with Crippen molar-refractivity contribution in [2.45, 2.75) is 75.7 Å². The fraction of sp³-hybridized carbons (Fsp3) is 0.778. The molecule has 1 aliphatic carbocycles. The number of thioether (sulfide) groups is 1. The highest BCUT2D eigenvalue weighted by Gasteiger charge is 2.32. The van der Waals surface area contributed by atoms with Crippen LogP contribution in [0.5, 0.6) is 0 Å². The fourth-order valence-corrected chi connectivity index (χ4v) is 4.16. The number of nitrogens with zero attached hydrogens (tertiary/aromatic N) is 6. The van der Waals surface area contributed by atoms with E-state index in [0.717, 1.165) is 42.9 Å². The molecule has 0 unspecified atom stereocenters. The maximum atomic E-state index is 5.41. The predicted molar refractivity (Wildman–Crippen MR) is 101 cm³/mol. The van der Waals surface area contributed by atoms with Crippen molar-refractivity contribution in [2.75, 3.05) is 18.0 Å². The van der Waals surface area contributed by atoms with Crippen molar-refractivity contribution < 1.29 is 4.52 Å². The summed E-state index contributed by atoms with van der Waals surface area (Å²) in [7, 11) is 0. The normalized spacial score (nSPS) is 18.0. The van der Waals surface area contributed by atoms with Crippen LogP contribution in [-0.4, -0.2) is 38.0 Å². The number of aromatic nitrogens is 5. The molecular weight excluding hydrogens is 348 g/mol. The molecule has 2 aliphatic rings. The Balaban J connectivity index is 1.41. The lowest BCUT2D eigenvalue weighted by atomic mass is 10.1. The van der Waals surface area contributed by atoms with Crippen LogP contribution in [0.3, 0.4) is 0 Å². The van der Waals surface area contributed by atoms with Crippen LogP contribution in [0.15, 0.2) is 9.68 Å². The molecular formula is C18H28N6OS. The van der Waals surface area contributed by atoms with E-state index >= 15 is 0 Å². The van der Waals surface area contributed by atoms with E-state index in [0.29, 0.717) is 23.6 Å². The van der Waals surface area contributed by atoms with Gasteiger partial charge in [0.1, 0.15) is 0 Å². The molecule has 0 atom stereocenters. The number of hydrogen-bond donors (Lipinski definition) is 0. The lowest BCUT2D eigenvalue weighted by Crippen LogP contribution is -2.31. The summed E-state index contributed by atoms with van der Waals surface area (Å²) >= 11 is 1.66. The second kappa shape index (κ2) is 7.98. The Kier molecular flexibility index (Phi) is 5.47. The highest BCUT2D eigenvalue weighted by molar-refractivity contribution is 7.98. The molecule has 2 fully saturated rings. The van der Waals surface area contributed by atoms with Crippen LogP contribution in [0.4, 0.5) is 5.95 Å². The highest BCUT2D eigenvalue weighted by atomic mass is 32.2. The topological polar surface area (TPSA) is 72.9 Å². The Hall–Kier alpha value is -1.57. The third-order valence-corrected chi connectivity index (χ3v) is 5.91. The third-order valence-electron chi connectivity index (χ3n) is 4.98. The van der Waals surface area contributed by atoms with Gasteiger partial charge in [-0.2, -0.15) is 4.98 Å². The van der Waals surface area contributed by atoms with Gasteiger partial charge in [-0.15, -0.1) is 10.2 Å². The molecule has 2 aromatic heterocycles. The lowest BCUT2D eigenvalue weighted by molar-refractivity contribution is 0.383. The molecule has 0 aromatic carbocycles. The van der Waals surface area contributed by atoms with Crippen LogP contribution in [0, 0.1) is 5.92 Å². The Morgan fingerprint density at radius 1 is 1.15 bits per heavy atom. The standard InChI is InChI=1S/C18H28N6OS/c1-13(2)6-9-15-19-16(25-22-15)12-26-18-21-20-17(24(18)14-7-8-14)23-10-4-3-5-11-23/h13-14H,3-12H2,1-2H3. The minimum atomic E-state index is 0.564. The van der Waals surface area contributed by atoms with E-state index in [1.807, 2.05) is 0 Å². The minimum absolute atomic E-state index is 0.564. The Labute approximate surface area is 158 Å². The summed E-state index contributed by atoms with van der Waals surface area (Å²) in [6, 6.07) is 0.564. The quantitative estimate of drug-likeness (QED) is 0.648. The number of anilines is 1. The zero-order valence-corrected chi connectivity index (χ0v) is 16.5. The summed E-state index contributed by atoms with van der Waals surface area (Å²) in [6.45, 7) is 6.61. The largest absolute Gasteiger partial charge is 0.341 e. The zero-order chi connectivity index (χ0) is 17.9. The van der Waals surface area contributed by atoms with E-state index in [-0.39, 0.29) is 0 Å². The van der Waals surface area contributed by atoms with Gasteiger partial charge in [0, 0.05) is 25.6 Å². The molecule has 1 aliphatic heterocycles. The first-order chi connectivity index (χ1) is 12.7. The summed E-state index contributed by atoms with van der Waals surface area (Å²) in [5, 5.41) is 14.1. The molecule has 2 aromatic rings. The van der Waals surface area contributed by atoms with Crippen molar-refractivity contribution in [1.29, 1.82) is 0 Å². The summed E-state index contributed by atoms with van der Waals surface area (Å²) in [4.78, 5) is 6.92. The molecule has 4 rings (SSSR count). The first-order valence-corrected chi connectivity index (χ1v) is 10.8. The Morgan fingerprint density at radius 2 is 1.96 bits per heavy atom. The molecule has 0 amide bonds. The zero-order valence-electron chi connectivity index (χ0n) is 15.7. The fourth-order valence-electron chi connectivity index (χ4n) is 3.32. The van der Waals surface area contributed by atoms with Gasteiger partial charge in [-0.05, 0) is 44.4 Å². The minimum Gasteiger partial charge on any atom is -0.341 e. The van der Waals surface area contributed by atoms with E-state index in [2.05, 4.69) is 43.7 Å². The van der Waals surface area contributed by atoms with Gasteiger partial charge in [0.25, 0.3) is 0 Å². The molecule has 0 radical (unpaired) electrons. The van der Waals surface area contributed by atoms with Gasteiger partial charge in [0.2, 0.25) is 11.8 Å². The van der Waals surface area contributed by atoms with Crippen LogP contribution < -0.4 is 4.90 Å². The predicted octanol–water partition coefficient (Wildman–Crippen LogP) is 3.87. The lowest BCUT2D eigenvalue weighted by Gasteiger charge is -2.27. The molecule has 1 saturated heterocycles. The van der Waals surface area contributed by atoms with Crippen molar-refractivity contribution in [3.8, 4) is 0 Å². The maximum absolute atomic E-state index is 5.41. The van der Waals surface area contributed by atoms with Gasteiger partial charge in [-0.1, -0.05) is 30.8 Å². The SMILES string of the molecule is CC(C)CCc1noc(CSc2nnc(N3CCCCC3)n2C2CC2)n1. The monoisotopic (exact) mass is 376 g/mol. The molecule has 26 heavy (non-hydrogen) atoms. The maximum Gasteiger partial charge on any atom is 0.237 e. The molecule has 0 spiro atoms. The van der Waals surface area contributed by atoms with E-state index in [1.165, 1.54) is 32.1 Å². The average molecular weight is 377 g/mol. The molecule has 3 heterocycles. The van der Waals surface area contributed by atoms with E-state index in [4.69, 9.17) is 4.52 Å². The molecule has 7 nitrogen and oxygen atoms in total. The Bertz CT molecular complexity index is 717. The van der Waals surface area contributed by atoms with Gasteiger partial charge < -0.3 is 9.42 Å². The molecule has 142 valence electrons. The van der Waals surface area contributed by atoms with Gasteiger partial charge in [0.15, 0.2) is 11.0 Å². The van der Waals surface area contributed by atoms with Crippen molar-refractivity contribution >= 4 is 17.7 Å². The van der Waals surface area contributed by atoms with Crippen LogP contribution in [0.25, 0.3) is 0 Å². The summed E-state index contributed by atoms with van der Waals surface area (Å²) in [6.07, 6.45) is 8.25. The molecule has 1 saturated carbocycles. The van der Waals surface area contributed by atoms with Crippen molar-refractivity contribution in [1.82, 2.24) is 24.9 Å². The number of rotatable bonds is 8.